The number of rotatable bonds is 18. The Labute approximate surface area is 142 Å². The molecule has 0 bridgehead atoms. The smallest absolute Gasteiger partial charge is 0.0443 e. The molecule has 0 aromatic carbocycles. The Bertz CT molecular complexity index is 184. The lowest BCUT2D eigenvalue weighted by Crippen LogP contribution is -1.93. The first-order chi connectivity index (χ1) is 10.8. The van der Waals surface area contributed by atoms with Crippen LogP contribution in [0.5, 0.6) is 0 Å². The van der Waals surface area contributed by atoms with Gasteiger partial charge < -0.3 is 0 Å². The fourth-order valence-electron chi connectivity index (χ4n) is 3.36. The summed E-state index contributed by atoms with van der Waals surface area (Å²) < 4.78 is 0. The zero-order valence-corrected chi connectivity index (χ0v) is 16.0. The lowest BCUT2D eigenvalue weighted by atomic mass is 9.98. The van der Waals surface area contributed by atoms with Crippen LogP contribution in [0.15, 0.2) is 0 Å². The third kappa shape index (κ3) is 18.1. The van der Waals surface area contributed by atoms with Crippen molar-refractivity contribution < 1.29 is 0 Å². The van der Waals surface area contributed by atoms with Crippen molar-refractivity contribution in [3.8, 4) is 0 Å². The minimum atomic E-state index is 0.902. The molecule has 0 saturated heterocycles. The van der Waals surface area contributed by atoms with E-state index in [0.29, 0.717) is 0 Å². The van der Waals surface area contributed by atoms with Gasteiger partial charge in [-0.1, -0.05) is 136 Å². The number of hydrogen-bond acceptors (Lipinski definition) is 0. The van der Waals surface area contributed by atoms with Gasteiger partial charge in [-0.15, -0.1) is 0 Å². The molecule has 0 rings (SSSR count). The fraction of sp³-hybridized carbons (Fsp3) is 0.955. The van der Waals surface area contributed by atoms with Gasteiger partial charge in [-0.2, -0.15) is 0 Å². The third-order valence-electron chi connectivity index (χ3n) is 5.00. The summed E-state index contributed by atoms with van der Waals surface area (Å²) in [6, 6.07) is 0. The van der Waals surface area contributed by atoms with Crippen molar-refractivity contribution in [1.29, 1.82) is 0 Å². The second-order valence-corrected chi connectivity index (χ2v) is 7.49. The Kier molecular flexibility index (Phi) is 19.0. The molecule has 1 atom stereocenters. The highest BCUT2D eigenvalue weighted by atomic mass is 14.1. The van der Waals surface area contributed by atoms with Gasteiger partial charge in [0.05, 0.1) is 0 Å². The van der Waals surface area contributed by atoms with Gasteiger partial charge in [0.15, 0.2) is 0 Å². The van der Waals surface area contributed by atoms with Crippen LogP contribution < -0.4 is 0 Å². The molecule has 0 nitrogen and oxygen atoms in total. The van der Waals surface area contributed by atoms with E-state index in [4.69, 9.17) is 0 Å². The van der Waals surface area contributed by atoms with Crippen molar-refractivity contribution >= 4 is 0 Å². The maximum atomic E-state index is 3.95. The molecule has 1 unspecified atom stereocenters. The number of hydrogen-bond donors (Lipinski definition) is 0. The molecule has 0 aliphatic carbocycles. The first-order valence-corrected chi connectivity index (χ1v) is 10.6. The van der Waals surface area contributed by atoms with E-state index < -0.39 is 0 Å². The van der Waals surface area contributed by atoms with E-state index >= 15 is 0 Å². The summed E-state index contributed by atoms with van der Waals surface area (Å²) in [5.41, 5.74) is 0. The summed E-state index contributed by atoms with van der Waals surface area (Å²) in [7, 11) is 0. The van der Waals surface area contributed by atoms with Crippen molar-refractivity contribution in [2.75, 3.05) is 0 Å². The maximum absolute atomic E-state index is 3.95. The molecule has 0 spiro atoms. The molecular formula is C22H45. The van der Waals surface area contributed by atoms with Gasteiger partial charge >= 0.3 is 0 Å². The molecule has 0 aliphatic rings. The van der Waals surface area contributed by atoms with Gasteiger partial charge in [-0.3, -0.25) is 0 Å². The monoisotopic (exact) mass is 309 g/mol. The quantitative estimate of drug-likeness (QED) is 0.223. The van der Waals surface area contributed by atoms with Crippen LogP contribution in [0.1, 0.15) is 129 Å². The van der Waals surface area contributed by atoms with Crippen LogP contribution in [0.25, 0.3) is 0 Å². The van der Waals surface area contributed by atoms with Crippen molar-refractivity contribution in [1.82, 2.24) is 0 Å². The minimum Gasteiger partial charge on any atom is -0.0654 e. The molecule has 0 aromatic rings. The third-order valence-corrected chi connectivity index (χ3v) is 5.00. The molecular weight excluding hydrogens is 264 g/mol. The van der Waals surface area contributed by atoms with Gasteiger partial charge in [-0.05, 0) is 5.92 Å². The molecule has 1 radical (unpaired) electrons. The summed E-state index contributed by atoms with van der Waals surface area (Å²) in [5, 5.41) is 0. The van der Waals surface area contributed by atoms with Gasteiger partial charge in [0, 0.05) is 0 Å². The predicted molar refractivity (Wildman–Crippen MR) is 103 cm³/mol. The van der Waals surface area contributed by atoms with Crippen LogP contribution in [-0.4, -0.2) is 0 Å². The molecule has 0 fully saturated rings. The second kappa shape index (κ2) is 19.0. The molecule has 0 heteroatoms. The lowest BCUT2D eigenvalue weighted by molar-refractivity contribution is 0.456. The first-order valence-electron chi connectivity index (χ1n) is 10.6. The largest absolute Gasteiger partial charge is 0.0654 e. The van der Waals surface area contributed by atoms with Crippen molar-refractivity contribution in [2.24, 2.45) is 5.92 Å². The summed E-state index contributed by atoms with van der Waals surface area (Å²) >= 11 is 0. The Morgan fingerprint density at radius 2 is 0.909 bits per heavy atom. The average molecular weight is 310 g/mol. The Morgan fingerprint density at radius 1 is 0.545 bits per heavy atom. The molecule has 133 valence electrons. The molecule has 22 heavy (non-hydrogen) atoms. The van der Waals surface area contributed by atoms with Crippen LogP contribution in [0.3, 0.4) is 0 Å². The highest BCUT2D eigenvalue weighted by Crippen LogP contribution is 2.17. The second-order valence-electron chi connectivity index (χ2n) is 7.49. The van der Waals surface area contributed by atoms with Crippen LogP contribution in [0, 0.1) is 12.8 Å². The van der Waals surface area contributed by atoms with Gasteiger partial charge in [0.1, 0.15) is 0 Å². The van der Waals surface area contributed by atoms with Gasteiger partial charge in [-0.25, -0.2) is 0 Å². The normalized spacial score (nSPS) is 12.7. The van der Waals surface area contributed by atoms with E-state index in [1.165, 1.54) is 109 Å². The van der Waals surface area contributed by atoms with Crippen LogP contribution in [0.2, 0.25) is 0 Å². The highest BCUT2D eigenvalue weighted by molar-refractivity contribution is 4.55. The molecule has 0 aliphatic heterocycles. The molecule has 0 saturated carbocycles. The average Bonchev–Trinajstić information content (AvgIpc) is 2.51. The zero-order valence-electron chi connectivity index (χ0n) is 16.0. The van der Waals surface area contributed by atoms with Crippen LogP contribution >= 0.6 is 0 Å². The molecule has 0 heterocycles. The van der Waals surface area contributed by atoms with E-state index in [1.807, 2.05) is 0 Å². The Morgan fingerprint density at radius 3 is 1.27 bits per heavy atom. The highest BCUT2D eigenvalue weighted by Gasteiger charge is 2.00. The lowest BCUT2D eigenvalue weighted by Gasteiger charge is -2.09. The first kappa shape index (κ1) is 22.0. The maximum Gasteiger partial charge on any atom is -0.0443 e. The summed E-state index contributed by atoms with van der Waals surface area (Å²) in [6.07, 6.45) is 25.8. The standard InChI is InChI=1S/C22H45/c1-4-6-7-8-9-10-11-12-13-14-15-16-17-18-19-21-22(3)20-5-2/h22H,2,4-21H2,1,3H3. The van der Waals surface area contributed by atoms with Gasteiger partial charge in [0.25, 0.3) is 0 Å². The van der Waals surface area contributed by atoms with Crippen LogP contribution in [-0.2, 0) is 0 Å². The Hall–Kier alpha value is 0. The summed E-state index contributed by atoms with van der Waals surface area (Å²) in [6.45, 7) is 8.63. The van der Waals surface area contributed by atoms with Crippen molar-refractivity contribution in [2.45, 2.75) is 129 Å². The topological polar surface area (TPSA) is 0 Å². The fourth-order valence-corrected chi connectivity index (χ4v) is 3.36. The van der Waals surface area contributed by atoms with E-state index in [1.54, 1.807) is 0 Å². The Balaban J connectivity index is 3.00. The summed E-state index contributed by atoms with van der Waals surface area (Å²) in [4.78, 5) is 0. The SMILES string of the molecule is [CH2]CCC(C)CCCCCCCCCCCCCCCCC. The number of unbranched alkanes of at least 4 members (excludes halogenated alkanes) is 14. The van der Waals surface area contributed by atoms with E-state index in [-0.39, 0.29) is 0 Å². The van der Waals surface area contributed by atoms with E-state index in [2.05, 4.69) is 20.8 Å². The zero-order chi connectivity index (χ0) is 16.3. The minimum absolute atomic E-state index is 0.902. The van der Waals surface area contributed by atoms with Gasteiger partial charge in [0.2, 0.25) is 0 Å². The van der Waals surface area contributed by atoms with Crippen molar-refractivity contribution in [3.05, 3.63) is 6.92 Å². The van der Waals surface area contributed by atoms with Crippen molar-refractivity contribution in [3.63, 3.8) is 0 Å². The van der Waals surface area contributed by atoms with E-state index in [0.717, 1.165) is 12.3 Å². The molecule has 0 amide bonds. The van der Waals surface area contributed by atoms with E-state index in [9.17, 15) is 0 Å². The van der Waals surface area contributed by atoms with Crippen LogP contribution in [0.4, 0.5) is 0 Å². The molecule has 0 N–H and O–H groups in total. The summed E-state index contributed by atoms with van der Waals surface area (Å²) in [5.74, 6) is 0.902. The molecule has 0 aromatic heterocycles. The predicted octanol–water partition coefficient (Wildman–Crippen LogP) is 8.50.